The standard InChI is InChI=1S/C31H43N3O5/c1-8-16-32(7)27(36)24-25-28(37)34(22(10-3)19-35)26(31(25)15-14-30(24,11-4)39-31)29(38)33(17-9-2)23-18-20(5)12-13-21(23)6/h8-9,12-13,18,22,24-26,35H,1-2,10-11,14-17,19H2,3-7H3/t22-,24+,25-,26?,30-,31?/m0/s1. The van der Waals surface area contributed by atoms with Crippen LogP contribution in [0.2, 0.25) is 0 Å². The summed E-state index contributed by atoms with van der Waals surface area (Å²) in [5.41, 5.74) is 0.713. The fourth-order valence-corrected chi connectivity index (χ4v) is 7.23. The molecule has 3 aliphatic rings. The van der Waals surface area contributed by atoms with E-state index in [2.05, 4.69) is 13.2 Å². The van der Waals surface area contributed by atoms with E-state index in [1.807, 2.05) is 45.9 Å². The van der Waals surface area contributed by atoms with Crippen molar-refractivity contribution in [3.05, 3.63) is 54.6 Å². The Morgan fingerprint density at radius 2 is 1.87 bits per heavy atom. The molecule has 0 aromatic heterocycles. The van der Waals surface area contributed by atoms with E-state index in [1.165, 1.54) is 0 Å². The molecule has 2 bridgehead atoms. The monoisotopic (exact) mass is 537 g/mol. The Morgan fingerprint density at radius 3 is 2.46 bits per heavy atom. The van der Waals surface area contributed by atoms with Crippen LogP contribution in [-0.2, 0) is 19.1 Å². The summed E-state index contributed by atoms with van der Waals surface area (Å²) in [7, 11) is 1.71. The van der Waals surface area contributed by atoms with E-state index in [1.54, 1.807) is 33.9 Å². The van der Waals surface area contributed by atoms with Crippen LogP contribution in [0.4, 0.5) is 5.69 Å². The van der Waals surface area contributed by atoms with Gasteiger partial charge in [0.2, 0.25) is 11.8 Å². The average Bonchev–Trinajstić information content (AvgIpc) is 3.53. The van der Waals surface area contributed by atoms with Crippen molar-refractivity contribution in [2.24, 2.45) is 11.8 Å². The SMILES string of the molecule is C=CCN(C)C(=O)[C@H]1[C@H]2C(=O)N([C@@H](CC)CO)C(C(=O)N(CC=C)c3cc(C)ccc3C)C23CC[C@]1(CC)O3. The molecule has 2 unspecified atom stereocenters. The molecule has 0 aliphatic carbocycles. The van der Waals surface area contributed by atoms with Crippen LogP contribution < -0.4 is 4.90 Å². The number of amides is 3. The summed E-state index contributed by atoms with van der Waals surface area (Å²) >= 11 is 0. The lowest BCUT2D eigenvalue weighted by molar-refractivity contribution is -0.153. The van der Waals surface area contributed by atoms with Crippen molar-refractivity contribution in [3.8, 4) is 0 Å². The zero-order valence-electron chi connectivity index (χ0n) is 24.0. The number of carbonyl (C=O) groups is 3. The number of likely N-dealkylation sites (N-methyl/N-ethyl adjacent to an activating group) is 1. The predicted octanol–water partition coefficient (Wildman–Crippen LogP) is 3.39. The van der Waals surface area contributed by atoms with Crippen molar-refractivity contribution in [1.29, 1.82) is 0 Å². The molecule has 6 atom stereocenters. The van der Waals surface area contributed by atoms with Crippen molar-refractivity contribution < 1.29 is 24.2 Å². The van der Waals surface area contributed by atoms with Crippen LogP contribution in [0, 0.1) is 25.7 Å². The summed E-state index contributed by atoms with van der Waals surface area (Å²) < 4.78 is 6.88. The van der Waals surface area contributed by atoms with Gasteiger partial charge in [0, 0.05) is 25.8 Å². The van der Waals surface area contributed by atoms with Gasteiger partial charge in [0.05, 0.1) is 30.1 Å². The molecule has 3 aliphatic heterocycles. The summed E-state index contributed by atoms with van der Waals surface area (Å²) in [5, 5.41) is 10.3. The van der Waals surface area contributed by atoms with E-state index >= 15 is 0 Å². The summed E-state index contributed by atoms with van der Waals surface area (Å²) in [5.74, 6) is -2.23. The number of ether oxygens (including phenoxy) is 1. The van der Waals surface area contributed by atoms with Crippen molar-refractivity contribution in [2.45, 2.75) is 76.7 Å². The van der Waals surface area contributed by atoms with Crippen LogP contribution in [0.3, 0.4) is 0 Å². The van der Waals surface area contributed by atoms with E-state index in [9.17, 15) is 19.5 Å². The third-order valence-electron chi connectivity index (χ3n) is 9.21. The molecule has 1 aromatic carbocycles. The van der Waals surface area contributed by atoms with E-state index < -0.39 is 35.1 Å². The molecule has 39 heavy (non-hydrogen) atoms. The zero-order chi connectivity index (χ0) is 28.7. The van der Waals surface area contributed by atoms with E-state index in [4.69, 9.17) is 4.74 Å². The van der Waals surface area contributed by atoms with Crippen molar-refractivity contribution in [1.82, 2.24) is 9.80 Å². The van der Waals surface area contributed by atoms with Gasteiger partial charge in [-0.25, -0.2) is 0 Å². The minimum Gasteiger partial charge on any atom is -0.394 e. The predicted molar refractivity (Wildman–Crippen MR) is 151 cm³/mol. The summed E-state index contributed by atoms with van der Waals surface area (Å²) in [6, 6.07) is 4.40. The number of hydrogen-bond donors (Lipinski definition) is 1. The average molecular weight is 538 g/mol. The lowest BCUT2D eigenvalue weighted by Gasteiger charge is -2.39. The largest absolute Gasteiger partial charge is 0.394 e. The van der Waals surface area contributed by atoms with Gasteiger partial charge < -0.3 is 24.5 Å². The Balaban J connectivity index is 1.89. The second-order valence-corrected chi connectivity index (χ2v) is 11.4. The third-order valence-corrected chi connectivity index (χ3v) is 9.21. The first-order valence-electron chi connectivity index (χ1n) is 14.1. The van der Waals surface area contributed by atoms with Crippen LogP contribution in [0.1, 0.15) is 50.7 Å². The number of aliphatic hydroxyl groups is 1. The number of aryl methyl sites for hydroxylation is 2. The van der Waals surface area contributed by atoms with Crippen LogP contribution in [0.15, 0.2) is 43.5 Å². The molecule has 0 saturated carbocycles. The van der Waals surface area contributed by atoms with Crippen LogP contribution in [0.25, 0.3) is 0 Å². The first-order chi connectivity index (χ1) is 18.6. The number of anilines is 1. The second kappa shape index (κ2) is 10.9. The molecule has 3 fully saturated rings. The Morgan fingerprint density at radius 1 is 1.18 bits per heavy atom. The second-order valence-electron chi connectivity index (χ2n) is 11.4. The molecule has 8 nitrogen and oxygen atoms in total. The lowest BCUT2D eigenvalue weighted by atomic mass is 9.64. The minimum absolute atomic E-state index is 0.167. The van der Waals surface area contributed by atoms with Crippen molar-refractivity contribution >= 4 is 23.4 Å². The molecule has 1 aromatic rings. The van der Waals surface area contributed by atoms with Gasteiger partial charge in [-0.2, -0.15) is 0 Å². The van der Waals surface area contributed by atoms with E-state index in [0.29, 0.717) is 32.2 Å². The van der Waals surface area contributed by atoms with Gasteiger partial charge in [-0.15, -0.1) is 13.2 Å². The van der Waals surface area contributed by atoms with Crippen molar-refractivity contribution in [2.75, 3.05) is 31.6 Å². The Bertz CT molecular complexity index is 1160. The molecule has 1 N–H and O–H groups in total. The summed E-state index contributed by atoms with van der Waals surface area (Å²) in [4.78, 5) is 47.8. The van der Waals surface area contributed by atoms with Gasteiger partial charge in [0.1, 0.15) is 11.6 Å². The number of benzene rings is 1. The first-order valence-corrected chi connectivity index (χ1v) is 14.1. The fourth-order valence-electron chi connectivity index (χ4n) is 7.23. The molecule has 212 valence electrons. The molecule has 3 amide bonds. The maximum absolute atomic E-state index is 14.7. The number of carbonyl (C=O) groups excluding carboxylic acids is 3. The van der Waals surface area contributed by atoms with Gasteiger partial charge in [-0.1, -0.05) is 38.1 Å². The Labute approximate surface area is 232 Å². The highest BCUT2D eigenvalue weighted by Crippen LogP contribution is 2.65. The Hall–Kier alpha value is -2.97. The third kappa shape index (κ3) is 4.32. The van der Waals surface area contributed by atoms with E-state index in [-0.39, 0.29) is 30.9 Å². The van der Waals surface area contributed by atoms with Gasteiger partial charge >= 0.3 is 0 Å². The maximum atomic E-state index is 14.7. The van der Waals surface area contributed by atoms with Crippen LogP contribution >= 0.6 is 0 Å². The molecular formula is C31H43N3O5. The quantitative estimate of drug-likeness (QED) is 0.437. The Kier molecular flexibility index (Phi) is 8.11. The molecular weight excluding hydrogens is 494 g/mol. The smallest absolute Gasteiger partial charge is 0.253 e. The van der Waals surface area contributed by atoms with Gasteiger partial charge in [0.15, 0.2) is 0 Å². The molecule has 3 saturated heterocycles. The van der Waals surface area contributed by atoms with E-state index in [0.717, 1.165) is 16.8 Å². The number of likely N-dealkylation sites (tertiary alicyclic amines) is 1. The van der Waals surface area contributed by atoms with Crippen molar-refractivity contribution in [3.63, 3.8) is 0 Å². The molecule has 0 radical (unpaired) electrons. The zero-order valence-corrected chi connectivity index (χ0v) is 24.0. The topological polar surface area (TPSA) is 90.4 Å². The number of hydrogen-bond acceptors (Lipinski definition) is 5. The molecule has 3 heterocycles. The highest BCUT2D eigenvalue weighted by Gasteiger charge is 2.79. The van der Waals surface area contributed by atoms with Crippen LogP contribution in [0.5, 0.6) is 0 Å². The normalized spacial score (nSPS) is 29.7. The lowest BCUT2D eigenvalue weighted by Crippen LogP contribution is -2.59. The van der Waals surface area contributed by atoms with Crippen LogP contribution in [-0.4, -0.2) is 82.7 Å². The number of fused-ring (bicyclic) bond motifs is 1. The minimum atomic E-state index is -1.15. The summed E-state index contributed by atoms with van der Waals surface area (Å²) in [6.07, 6.45) is 5.44. The molecule has 1 spiro atoms. The highest BCUT2D eigenvalue weighted by molar-refractivity contribution is 6.05. The van der Waals surface area contributed by atoms with Gasteiger partial charge in [-0.05, 0) is 56.7 Å². The number of aliphatic hydroxyl groups excluding tert-OH is 1. The highest BCUT2D eigenvalue weighted by atomic mass is 16.5. The first kappa shape index (κ1) is 29.0. The number of nitrogens with zero attached hydrogens (tertiary/aromatic N) is 3. The van der Waals surface area contributed by atoms with Gasteiger partial charge in [-0.3, -0.25) is 14.4 Å². The molecule has 8 heteroatoms. The maximum Gasteiger partial charge on any atom is 0.253 e. The summed E-state index contributed by atoms with van der Waals surface area (Å²) in [6.45, 7) is 15.8. The number of rotatable bonds is 11. The fraction of sp³-hybridized carbons (Fsp3) is 0.581. The molecule has 4 rings (SSSR count). The van der Waals surface area contributed by atoms with Gasteiger partial charge in [0.25, 0.3) is 5.91 Å².